The van der Waals surface area contributed by atoms with Gasteiger partial charge >= 0.3 is 0 Å². The van der Waals surface area contributed by atoms with E-state index in [1.807, 2.05) is 18.2 Å². The molecular weight excluding hydrogens is 244 g/mol. The number of rotatable bonds is 2. The van der Waals surface area contributed by atoms with Crippen molar-refractivity contribution in [2.75, 3.05) is 0 Å². The Morgan fingerprint density at radius 2 is 2.29 bits per heavy atom. The number of hydrogen-bond donors (Lipinski definition) is 3. The molecule has 5 heteroatoms. The Hall–Kier alpha value is -1.07. The van der Waals surface area contributed by atoms with Crippen LogP contribution in [0.15, 0.2) is 27.7 Å². The lowest BCUT2D eigenvalue weighted by Crippen LogP contribution is -2.36. The van der Waals surface area contributed by atoms with Gasteiger partial charge in [0.25, 0.3) is 0 Å². The molecule has 0 fully saturated rings. The highest BCUT2D eigenvalue weighted by Gasteiger charge is 2.00. The highest BCUT2D eigenvalue weighted by atomic mass is 79.9. The van der Waals surface area contributed by atoms with E-state index in [9.17, 15) is 0 Å². The van der Waals surface area contributed by atoms with Gasteiger partial charge < -0.3 is 5.73 Å². The molecule has 4 nitrogen and oxygen atoms in total. The second-order valence-electron chi connectivity index (χ2n) is 2.77. The number of guanidine groups is 1. The fraction of sp³-hybridized carbons (Fsp3) is 0.222. The summed E-state index contributed by atoms with van der Waals surface area (Å²) in [5, 5.41) is 0. The van der Waals surface area contributed by atoms with Gasteiger partial charge in [-0.3, -0.25) is 5.43 Å². The highest BCUT2D eigenvalue weighted by molar-refractivity contribution is 9.10. The van der Waals surface area contributed by atoms with Crippen LogP contribution in [0.4, 0.5) is 5.69 Å². The van der Waals surface area contributed by atoms with E-state index in [1.165, 1.54) is 0 Å². The second-order valence-corrected chi connectivity index (χ2v) is 3.68. The monoisotopic (exact) mass is 256 g/mol. The molecule has 5 N–H and O–H groups in total. The van der Waals surface area contributed by atoms with Gasteiger partial charge in [-0.25, -0.2) is 10.8 Å². The Morgan fingerprint density at radius 1 is 1.57 bits per heavy atom. The minimum atomic E-state index is 0.210. The Balaban J connectivity index is 3.08. The van der Waals surface area contributed by atoms with E-state index >= 15 is 0 Å². The zero-order valence-corrected chi connectivity index (χ0v) is 9.51. The van der Waals surface area contributed by atoms with Gasteiger partial charge in [0, 0.05) is 4.47 Å². The number of benzene rings is 1. The third kappa shape index (κ3) is 2.71. The van der Waals surface area contributed by atoms with Crippen molar-refractivity contribution in [1.29, 1.82) is 0 Å². The van der Waals surface area contributed by atoms with Gasteiger partial charge in [-0.1, -0.05) is 22.9 Å². The van der Waals surface area contributed by atoms with Gasteiger partial charge in [-0.2, -0.15) is 0 Å². The summed E-state index contributed by atoms with van der Waals surface area (Å²) >= 11 is 3.40. The molecule has 0 aliphatic rings. The number of halogens is 1. The Kier molecular flexibility index (Phi) is 3.91. The first-order valence-electron chi connectivity index (χ1n) is 4.26. The van der Waals surface area contributed by atoms with E-state index in [2.05, 4.69) is 33.3 Å². The van der Waals surface area contributed by atoms with Crippen molar-refractivity contribution in [1.82, 2.24) is 5.43 Å². The standard InChI is InChI=1S/C9H13BrN4/c1-2-6-5-7(10)3-4-8(6)13-9(11)14-12/h3-5H,2,12H2,1H3,(H3,11,13,14). The number of hydrogen-bond acceptors (Lipinski definition) is 2. The minimum Gasteiger partial charge on any atom is -0.369 e. The molecule has 1 aromatic carbocycles. The lowest BCUT2D eigenvalue weighted by Gasteiger charge is -2.04. The van der Waals surface area contributed by atoms with Crippen LogP contribution in [0, 0.1) is 0 Å². The van der Waals surface area contributed by atoms with Crippen molar-refractivity contribution >= 4 is 27.6 Å². The molecule has 0 saturated heterocycles. The molecule has 1 aromatic rings. The molecule has 0 aromatic heterocycles. The third-order valence-electron chi connectivity index (χ3n) is 1.81. The molecule has 0 heterocycles. The van der Waals surface area contributed by atoms with Crippen LogP contribution >= 0.6 is 15.9 Å². The van der Waals surface area contributed by atoms with Crippen molar-refractivity contribution in [3.8, 4) is 0 Å². The van der Waals surface area contributed by atoms with Gasteiger partial charge in [0.15, 0.2) is 0 Å². The number of nitrogens with zero attached hydrogens (tertiary/aromatic N) is 1. The van der Waals surface area contributed by atoms with Crippen LogP contribution in [0.3, 0.4) is 0 Å². The largest absolute Gasteiger partial charge is 0.369 e. The maximum Gasteiger partial charge on any atom is 0.208 e. The van der Waals surface area contributed by atoms with E-state index in [1.54, 1.807) is 0 Å². The summed E-state index contributed by atoms with van der Waals surface area (Å²) in [6, 6.07) is 5.83. The summed E-state index contributed by atoms with van der Waals surface area (Å²) in [5.74, 6) is 5.34. The highest BCUT2D eigenvalue weighted by Crippen LogP contribution is 2.23. The molecule has 0 aliphatic heterocycles. The zero-order valence-electron chi connectivity index (χ0n) is 7.92. The maximum atomic E-state index is 5.47. The van der Waals surface area contributed by atoms with Gasteiger partial charge in [0.1, 0.15) is 0 Å². The van der Waals surface area contributed by atoms with Crippen LogP contribution < -0.4 is 17.0 Å². The molecule has 0 amide bonds. The quantitative estimate of drug-likeness (QED) is 0.324. The first-order chi connectivity index (χ1) is 6.67. The van der Waals surface area contributed by atoms with Crippen molar-refractivity contribution < 1.29 is 0 Å². The predicted molar refractivity (Wildman–Crippen MR) is 62.1 cm³/mol. The molecule has 0 atom stereocenters. The van der Waals surface area contributed by atoms with E-state index < -0.39 is 0 Å². The van der Waals surface area contributed by atoms with Crippen LogP contribution in [-0.2, 0) is 6.42 Å². The first-order valence-corrected chi connectivity index (χ1v) is 5.06. The van der Waals surface area contributed by atoms with Gasteiger partial charge in [0.2, 0.25) is 5.96 Å². The van der Waals surface area contributed by atoms with E-state index in [4.69, 9.17) is 11.6 Å². The van der Waals surface area contributed by atoms with Crippen LogP contribution in [0.25, 0.3) is 0 Å². The van der Waals surface area contributed by atoms with Gasteiger partial charge in [0.05, 0.1) is 5.69 Å². The Labute approximate surface area is 91.5 Å². The fourth-order valence-electron chi connectivity index (χ4n) is 1.11. The fourth-order valence-corrected chi connectivity index (χ4v) is 1.52. The Morgan fingerprint density at radius 3 is 2.86 bits per heavy atom. The van der Waals surface area contributed by atoms with Crippen molar-refractivity contribution in [2.45, 2.75) is 13.3 Å². The van der Waals surface area contributed by atoms with Crippen LogP contribution in [0.5, 0.6) is 0 Å². The van der Waals surface area contributed by atoms with Crippen LogP contribution in [0.1, 0.15) is 12.5 Å². The SMILES string of the molecule is CCc1cc(Br)ccc1N=C(N)NN. The lowest BCUT2D eigenvalue weighted by atomic mass is 10.1. The molecule has 0 aliphatic carbocycles. The number of nitrogens with two attached hydrogens (primary N) is 2. The van der Waals surface area contributed by atoms with E-state index in [0.717, 1.165) is 22.1 Å². The number of hydrazine groups is 1. The summed E-state index contributed by atoms with van der Waals surface area (Å²) in [5.41, 5.74) is 9.73. The smallest absolute Gasteiger partial charge is 0.208 e. The average molecular weight is 257 g/mol. The second kappa shape index (κ2) is 4.97. The summed E-state index contributed by atoms with van der Waals surface area (Å²) in [7, 11) is 0. The minimum absolute atomic E-state index is 0.210. The molecule has 0 bridgehead atoms. The summed E-state index contributed by atoms with van der Waals surface area (Å²) in [6.45, 7) is 2.06. The molecule has 0 spiro atoms. The molecule has 0 unspecified atom stereocenters. The zero-order chi connectivity index (χ0) is 10.6. The molecular formula is C9H13BrN4. The summed E-state index contributed by atoms with van der Waals surface area (Å²) in [4.78, 5) is 4.13. The number of aryl methyl sites for hydroxylation is 1. The summed E-state index contributed by atoms with van der Waals surface area (Å²) in [6.07, 6.45) is 0.899. The molecule has 76 valence electrons. The lowest BCUT2D eigenvalue weighted by molar-refractivity contribution is 1.00. The molecule has 0 saturated carbocycles. The maximum absolute atomic E-state index is 5.47. The molecule has 14 heavy (non-hydrogen) atoms. The average Bonchev–Trinajstić information content (AvgIpc) is 2.20. The number of nitrogens with one attached hydrogen (secondary N) is 1. The van der Waals surface area contributed by atoms with Crippen LogP contribution in [-0.4, -0.2) is 5.96 Å². The summed E-state index contributed by atoms with van der Waals surface area (Å²) < 4.78 is 1.03. The van der Waals surface area contributed by atoms with Crippen molar-refractivity contribution in [3.63, 3.8) is 0 Å². The molecule has 0 radical (unpaired) electrons. The van der Waals surface area contributed by atoms with Gasteiger partial charge in [-0.05, 0) is 30.2 Å². The number of aliphatic imine (C=N–C) groups is 1. The van der Waals surface area contributed by atoms with Crippen molar-refractivity contribution in [2.24, 2.45) is 16.6 Å². The predicted octanol–water partition coefficient (Wildman–Crippen LogP) is 1.42. The van der Waals surface area contributed by atoms with E-state index in [0.29, 0.717) is 0 Å². The normalized spacial score (nSPS) is 11.5. The molecule has 1 rings (SSSR count). The third-order valence-corrected chi connectivity index (χ3v) is 2.30. The first kappa shape index (κ1) is 11.0. The van der Waals surface area contributed by atoms with Crippen LogP contribution in [0.2, 0.25) is 0 Å². The van der Waals surface area contributed by atoms with Gasteiger partial charge in [-0.15, -0.1) is 0 Å². The van der Waals surface area contributed by atoms with E-state index in [-0.39, 0.29) is 5.96 Å². The Bertz CT molecular complexity index is 349. The van der Waals surface area contributed by atoms with Crippen molar-refractivity contribution in [3.05, 3.63) is 28.2 Å². The topological polar surface area (TPSA) is 76.4 Å².